The Morgan fingerprint density at radius 1 is 1.09 bits per heavy atom. The summed E-state index contributed by atoms with van der Waals surface area (Å²) in [6, 6.07) is 20.1. The molecule has 8 heteroatoms. The van der Waals surface area contributed by atoms with Gasteiger partial charge >= 0.3 is 0 Å². The molecule has 3 heterocycles. The summed E-state index contributed by atoms with van der Waals surface area (Å²) < 4.78 is 19.1. The largest absolute Gasteiger partial charge is 0.351 e. The molecule has 1 N–H and O–H groups in total. The maximum atomic E-state index is 13.4. The summed E-state index contributed by atoms with van der Waals surface area (Å²) in [5.41, 5.74) is 3.76. The summed E-state index contributed by atoms with van der Waals surface area (Å²) in [6.07, 6.45) is 0. The molecular weight excluding hydrogens is 443 g/mol. The number of halogens is 1. The van der Waals surface area contributed by atoms with E-state index < -0.39 is 0 Å². The van der Waals surface area contributed by atoms with Gasteiger partial charge in [0.05, 0.1) is 16.5 Å². The van der Waals surface area contributed by atoms with Crippen LogP contribution in [0.4, 0.5) is 4.39 Å². The molecule has 0 saturated heterocycles. The van der Waals surface area contributed by atoms with Crippen LogP contribution in [0.3, 0.4) is 0 Å². The first-order valence-electron chi connectivity index (χ1n) is 10.1. The second kappa shape index (κ2) is 8.64. The van der Waals surface area contributed by atoms with Crippen molar-refractivity contribution in [1.82, 2.24) is 20.4 Å². The van der Waals surface area contributed by atoms with Crippen LogP contribution < -0.4 is 5.32 Å². The number of hydrogen-bond donors (Lipinski definition) is 1. The number of thiocarbonyl (C=S) groups is 1. The monoisotopic (exact) mass is 462 g/mol. The Morgan fingerprint density at radius 3 is 2.59 bits per heavy atom. The number of aromatic nitrogens is 2. The molecule has 5 rings (SSSR count). The van der Waals surface area contributed by atoms with Gasteiger partial charge in [-0.3, -0.25) is 0 Å². The Labute approximate surface area is 194 Å². The highest BCUT2D eigenvalue weighted by Gasteiger charge is 2.34. The number of benzene rings is 2. The molecule has 32 heavy (non-hydrogen) atoms. The molecule has 0 saturated carbocycles. The molecule has 2 aromatic heterocycles. The SMILES string of the molecule is CC1=C(c2nc(-c3cccs3)no2)C(c2ccccc2)NC(=S)N1Cc1ccc(F)cc1. The number of allylic oxidation sites excluding steroid dienone is 1. The average molecular weight is 463 g/mol. The fourth-order valence-electron chi connectivity index (χ4n) is 3.76. The molecule has 4 aromatic rings. The van der Waals surface area contributed by atoms with Crippen LogP contribution in [0.15, 0.2) is 82.3 Å². The summed E-state index contributed by atoms with van der Waals surface area (Å²) in [6.45, 7) is 2.49. The van der Waals surface area contributed by atoms with Crippen molar-refractivity contribution < 1.29 is 8.91 Å². The summed E-state index contributed by atoms with van der Waals surface area (Å²) in [7, 11) is 0. The van der Waals surface area contributed by atoms with E-state index >= 15 is 0 Å². The number of thiophene rings is 1. The van der Waals surface area contributed by atoms with Crippen molar-refractivity contribution in [2.45, 2.75) is 19.5 Å². The predicted molar refractivity (Wildman–Crippen MR) is 127 cm³/mol. The second-order valence-electron chi connectivity index (χ2n) is 7.41. The fraction of sp³-hybridized carbons (Fsp3) is 0.125. The lowest BCUT2D eigenvalue weighted by Crippen LogP contribution is -2.45. The molecule has 0 bridgehead atoms. The van der Waals surface area contributed by atoms with Crippen molar-refractivity contribution in [2.24, 2.45) is 0 Å². The minimum atomic E-state index is -0.267. The molecule has 160 valence electrons. The van der Waals surface area contributed by atoms with Gasteiger partial charge in [0, 0.05) is 12.2 Å². The molecule has 0 spiro atoms. The lowest BCUT2D eigenvalue weighted by atomic mass is 9.94. The lowest BCUT2D eigenvalue weighted by Gasteiger charge is -2.37. The third-order valence-corrected chi connectivity index (χ3v) is 6.59. The van der Waals surface area contributed by atoms with Gasteiger partial charge < -0.3 is 14.7 Å². The molecule has 0 fully saturated rings. The van der Waals surface area contributed by atoms with E-state index in [1.807, 2.05) is 59.7 Å². The van der Waals surface area contributed by atoms with E-state index in [4.69, 9.17) is 21.7 Å². The maximum absolute atomic E-state index is 13.4. The summed E-state index contributed by atoms with van der Waals surface area (Å²) in [5, 5.41) is 10.2. The second-order valence-corrected chi connectivity index (χ2v) is 8.74. The first-order valence-corrected chi connectivity index (χ1v) is 11.3. The van der Waals surface area contributed by atoms with E-state index in [1.54, 1.807) is 23.5 Å². The third kappa shape index (κ3) is 3.94. The maximum Gasteiger partial charge on any atom is 0.258 e. The fourth-order valence-corrected chi connectivity index (χ4v) is 4.72. The first kappa shape index (κ1) is 20.5. The zero-order chi connectivity index (χ0) is 22.1. The van der Waals surface area contributed by atoms with Crippen molar-refractivity contribution in [3.8, 4) is 10.7 Å². The molecule has 0 radical (unpaired) electrons. The van der Waals surface area contributed by atoms with Crippen LogP contribution in [0.25, 0.3) is 16.3 Å². The highest BCUT2D eigenvalue weighted by Crippen LogP contribution is 2.38. The smallest absolute Gasteiger partial charge is 0.258 e. The van der Waals surface area contributed by atoms with Crippen LogP contribution in [0.2, 0.25) is 0 Å². The predicted octanol–water partition coefficient (Wildman–Crippen LogP) is 5.80. The van der Waals surface area contributed by atoms with Crippen molar-refractivity contribution >= 4 is 34.2 Å². The van der Waals surface area contributed by atoms with Crippen LogP contribution in [0.1, 0.15) is 30.0 Å². The van der Waals surface area contributed by atoms with Gasteiger partial charge in [0.25, 0.3) is 5.89 Å². The molecule has 1 unspecified atom stereocenters. The Balaban J connectivity index is 1.59. The van der Waals surface area contributed by atoms with Gasteiger partial charge in [-0.1, -0.05) is 53.7 Å². The van der Waals surface area contributed by atoms with Gasteiger partial charge in [-0.05, 0) is 53.8 Å². The van der Waals surface area contributed by atoms with E-state index in [2.05, 4.69) is 10.5 Å². The van der Waals surface area contributed by atoms with E-state index in [-0.39, 0.29) is 11.9 Å². The molecule has 5 nitrogen and oxygen atoms in total. The van der Waals surface area contributed by atoms with Crippen molar-refractivity contribution in [1.29, 1.82) is 0 Å². The topological polar surface area (TPSA) is 54.2 Å². The molecule has 1 aliphatic rings. The zero-order valence-electron chi connectivity index (χ0n) is 17.2. The minimum absolute atomic E-state index is 0.232. The molecule has 0 aliphatic carbocycles. The number of rotatable bonds is 5. The van der Waals surface area contributed by atoms with Gasteiger partial charge in [0.2, 0.25) is 5.82 Å². The molecule has 0 amide bonds. The highest BCUT2D eigenvalue weighted by molar-refractivity contribution is 7.80. The van der Waals surface area contributed by atoms with Gasteiger partial charge in [-0.2, -0.15) is 4.98 Å². The normalized spacial score (nSPS) is 16.4. The lowest BCUT2D eigenvalue weighted by molar-refractivity contribution is 0.396. The minimum Gasteiger partial charge on any atom is -0.351 e. The van der Waals surface area contributed by atoms with Crippen LogP contribution >= 0.6 is 23.6 Å². The number of nitrogens with one attached hydrogen (secondary N) is 1. The van der Waals surface area contributed by atoms with Gasteiger partial charge in [0.15, 0.2) is 5.11 Å². The molecule has 2 aromatic carbocycles. The Morgan fingerprint density at radius 2 is 1.88 bits per heavy atom. The Kier molecular flexibility index (Phi) is 5.55. The van der Waals surface area contributed by atoms with Crippen LogP contribution in [0.5, 0.6) is 0 Å². The molecule has 1 atom stereocenters. The van der Waals surface area contributed by atoms with Crippen molar-refractivity contribution in [3.63, 3.8) is 0 Å². The molecule has 1 aliphatic heterocycles. The van der Waals surface area contributed by atoms with E-state index in [9.17, 15) is 4.39 Å². The van der Waals surface area contributed by atoms with Crippen LogP contribution in [0, 0.1) is 5.82 Å². The molecular formula is C24H19FN4OS2. The Bertz CT molecular complexity index is 1270. The van der Waals surface area contributed by atoms with Gasteiger partial charge in [-0.15, -0.1) is 11.3 Å². The van der Waals surface area contributed by atoms with E-state index in [0.29, 0.717) is 23.4 Å². The first-order chi connectivity index (χ1) is 15.6. The standard InChI is InChI=1S/C24H19FN4OS2/c1-15-20(23-27-22(28-30-23)19-8-5-13-32-19)21(17-6-3-2-4-7-17)26-24(31)29(15)14-16-9-11-18(25)12-10-16/h2-13,21H,14H2,1H3,(H,26,31). The van der Waals surface area contributed by atoms with E-state index in [0.717, 1.165) is 27.3 Å². The summed E-state index contributed by atoms with van der Waals surface area (Å²) in [4.78, 5) is 7.62. The third-order valence-electron chi connectivity index (χ3n) is 5.38. The van der Waals surface area contributed by atoms with Crippen LogP contribution in [-0.4, -0.2) is 20.2 Å². The quantitative estimate of drug-likeness (QED) is 0.378. The highest BCUT2D eigenvalue weighted by atomic mass is 32.1. The van der Waals surface area contributed by atoms with Crippen molar-refractivity contribution in [2.75, 3.05) is 0 Å². The summed E-state index contributed by atoms with van der Waals surface area (Å²) in [5.74, 6) is 0.733. The summed E-state index contributed by atoms with van der Waals surface area (Å²) >= 11 is 7.28. The average Bonchev–Trinajstić information content (AvgIpc) is 3.50. The van der Waals surface area contributed by atoms with Crippen molar-refractivity contribution in [3.05, 3.63) is 101 Å². The van der Waals surface area contributed by atoms with E-state index in [1.165, 1.54) is 12.1 Å². The number of nitrogens with zero attached hydrogens (tertiary/aromatic N) is 3. The Hall–Kier alpha value is -3.36. The zero-order valence-corrected chi connectivity index (χ0v) is 18.8. The van der Waals surface area contributed by atoms with Gasteiger partial charge in [-0.25, -0.2) is 4.39 Å². The number of hydrogen-bond acceptors (Lipinski definition) is 5. The van der Waals surface area contributed by atoms with Gasteiger partial charge in [0.1, 0.15) is 5.82 Å². The van der Waals surface area contributed by atoms with Crippen LogP contribution in [-0.2, 0) is 6.54 Å².